The van der Waals surface area contributed by atoms with E-state index in [2.05, 4.69) is 26.8 Å². The molecule has 1 rings (SSSR count). The Labute approximate surface area is 98.5 Å². The fraction of sp³-hybridized carbons (Fsp3) is 0.455. The predicted molar refractivity (Wildman–Crippen MR) is 66.3 cm³/mol. The van der Waals surface area contributed by atoms with E-state index in [1.54, 1.807) is 53.5 Å². The molecule has 0 heterocycles. The third-order valence-electron chi connectivity index (χ3n) is 2.61. The van der Waals surface area contributed by atoms with E-state index >= 15 is 0 Å². The summed E-state index contributed by atoms with van der Waals surface area (Å²) in [6.45, 7) is 6.77. The van der Waals surface area contributed by atoms with Gasteiger partial charge in [-0.3, -0.25) is 0 Å². The van der Waals surface area contributed by atoms with Gasteiger partial charge in [0.25, 0.3) is 0 Å². The summed E-state index contributed by atoms with van der Waals surface area (Å²) in [5, 5.41) is 0. The Bertz CT molecular complexity index is 288. The Morgan fingerprint density at radius 1 is 1.00 bits per heavy atom. The molecular formula is C11H18As2. The molecule has 0 spiro atoms. The Kier molecular flexibility index (Phi) is 4.14. The molecule has 1 aromatic rings. The molecule has 2 atom stereocenters. The third-order valence-corrected chi connectivity index (χ3v) is 5.98. The summed E-state index contributed by atoms with van der Waals surface area (Å²) in [7, 11) is 0. The van der Waals surface area contributed by atoms with E-state index in [0.29, 0.717) is 0 Å². The number of hydrogen-bond acceptors (Lipinski definition) is 0. The van der Waals surface area contributed by atoms with Gasteiger partial charge in [-0.25, -0.2) is 0 Å². The van der Waals surface area contributed by atoms with Gasteiger partial charge in [0.05, 0.1) is 0 Å². The first-order valence-corrected chi connectivity index (χ1v) is 7.20. The van der Waals surface area contributed by atoms with Crippen LogP contribution in [0.2, 0.25) is 0 Å². The first-order chi connectivity index (χ1) is 6.11. The van der Waals surface area contributed by atoms with Crippen LogP contribution in [-0.2, 0) is 12.8 Å². The van der Waals surface area contributed by atoms with Crippen LogP contribution in [-0.4, -0.2) is 33.7 Å². The zero-order valence-corrected chi connectivity index (χ0v) is 13.5. The zero-order valence-electron chi connectivity index (χ0n) is 8.65. The molecule has 0 nitrogen and oxygen atoms in total. The molecule has 0 saturated carbocycles. The summed E-state index contributed by atoms with van der Waals surface area (Å²) < 4.78 is 3.12. The molecular weight excluding hydrogens is 282 g/mol. The molecule has 2 heteroatoms. The van der Waals surface area contributed by atoms with Crippen LogP contribution in [0, 0.1) is 6.92 Å². The molecule has 0 saturated heterocycles. The van der Waals surface area contributed by atoms with Crippen molar-refractivity contribution in [2.45, 2.75) is 33.6 Å². The van der Waals surface area contributed by atoms with Gasteiger partial charge in [0.2, 0.25) is 0 Å². The number of hydrogen-bond donors (Lipinski definition) is 0. The van der Waals surface area contributed by atoms with Crippen molar-refractivity contribution in [3.05, 3.63) is 22.8 Å². The molecule has 0 bridgehead atoms. The van der Waals surface area contributed by atoms with Gasteiger partial charge in [-0.2, -0.15) is 0 Å². The maximum atomic E-state index is 2.40. The number of benzene rings is 1. The molecule has 0 aromatic heterocycles. The Morgan fingerprint density at radius 2 is 1.38 bits per heavy atom. The van der Waals surface area contributed by atoms with Gasteiger partial charge in [-0.15, -0.1) is 0 Å². The molecule has 0 N–H and O–H groups in total. The van der Waals surface area contributed by atoms with Crippen LogP contribution < -0.4 is 8.70 Å². The summed E-state index contributed by atoms with van der Waals surface area (Å²) in [6, 6.07) is 2.40. The fourth-order valence-corrected chi connectivity index (χ4v) is 4.17. The first-order valence-electron chi connectivity index (χ1n) is 4.78. The quantitative estimate of drug-likeness (QED) is 0.654. The Morgan fingerprint density at radius 3 is 1.69 bits per heavy atom. The van der Waals surface area contributed by atoms with Gasteiger partial charge < -0.3 is 0 Å². The Balaban J connectivity index is 3.36. The fourth-order valence-electron chi connectivity index (χ4n) is 1.58. The van der Waals surface area contributed by atoms with Crippen molar-refractivity contribution >= 4 is 42.4 Å². The monoisotopic (exact) mass is 300 g/mol. The van der Waals surface area contributed by atoms with Crippen molar-refractivity contribution in [1.82, 2.24) is 0 Å². The van der Waals surface area contributed by atoms with Crippen molar-refractivity contribution in [3.63, 3.8) is 0 Å². The second kappa shape index (κ2) is 4.72. The SMILES string of the molecule is CCc1cc(CC)c([AsH2])c(C)c1[AsH2]. The van der Waals surface area contributed by atoms with Crippen LogP contribution in [0.5, 0.6) is 0 Å². The minimum absolute atomic E-state index is 1.18. The standard InChI is InChI=1S/C11H18As2/c1-4-8-6-9(5-2)11(13)7(3)10(8)12/h6H,4-5,12-13H2,1-3H3. The summed E-state index contributed by atoms with van der Waals surface area (Å²) in [5.41, 5.74) is 4.64. The van der Waals surface area contributed by atoms with E-state index < -0.39 is 0 Å². The van der Waals surface area contributed by atoms with Gasteiger partial charge in [0.15, 0.2) is 0 Å². The average Bonchev–Trinajstić information content (AvgIpc) is 2.15. The maximum absolute atomic E-state index is 2.40. The topological polar surface area (TPSA) is 0 Å². The average molecular weight is 300 g/mol. The number of aryl methyl sites for hydroxylation is 2. The molecule has 1 aromatic carbocycles. The van der Waals surface area contributed by atoms with E-state index in [0.717, 1.165) is 0 Å². The van der Waals surface area contributed by atoms with Crippen molar-refractivity contribution in [3.8, 4) is 0 Å². The molecule has 13 heavy (non-hydrogen) atoms. The zero-order chi connectivity index (χ0) is 10.0. The minimum atomic E-state index is 1.18. The van der Waals surface area contributed by atoms with Crippen LogP contribution in [0.4, 0.5) is 0 Å². The predicted octanol–water partition coefficient (Wildman–Crippen LogP) is -0.363. The summed E-state index contributed by atoms with van der Waals surface area (Å²) in [5.74, 6) is 0. The first kappa shape index (κ1) is 11.4. The van der Waals surface area contributed by atoms with E-state index in [-0.39, 0.29) is 0 Å². The van der Waals surface area contributed by atoms with Crippen molar-refractivity contribution < 1.29 is 0 Å². The van der Waals surface area contributed by atoms with E-state index in [1.807, 2.05) is 0 Å². The van der Waals surface area contributed by atoms with Gasteiger partial charge in [0.1, 0.15) is 0 Å². The van der Waals surface area contributed by atoms with Crippen LogP contribution in [0.25, 0.3) is 0 Å². The summed E-state index contributed by atoms with van der Waals surface area (Å²) in [6.07, 6.45) is 2.35. The van der Waals surface area contributed by atoms with Gasteiger partial charge in [0, 0.05) is 0 Å². The molecule has 0 radical (unpaired) electrons. The third kappa shape index (κ3) is 2.23. The van der Waals surface area contributed by atoms with E-state index in [1.165, 1.54) is 18.4 Å². The van der Waals surface area contributed by atoms with Gasteiger partial charge in [-0.1, -0.05) is 0 Å². The summed E-state index contributed by atoms with van der Waals surface area (Å²) in [4.78, 5) is 0. The number of rotatable bonds is 2. The molecule has 0 aliphatic heterocycles. The second-order valence-electron chi connectivity index (χ2n) is 3.35. The van der Waals surface area contributed by atoms with Crippen molar-refractivity contribution in [1.29, 1.82) is 0 Å². The van der Waals surface area contributed by atoms with Gasteiger partial charge in [-0.05, 0) is 0 Å². The van der Waals surface area contributed by atoms with Crippen LogP contribution in [0.3, 0.4) is 0 Å². The van der Waals surface area contributed by atoms with Crippen LogP contribution in [0.15, 0.2) is 6.07 Å². The van der Waals surface area contributed by atoms with Gasteiger partial charge >= 0.3 is 98.8 Å². The van der Waals surface area contributed by atoms with E-state index in [4.69, 9.17) is 0 Å². The molecule has 0 fully saturated rings. The molecule has 72 valence electrons. The molecule has 0 aliphatic rings. The summed E-state index contributed by atoms with van der Waals surface area (Å²) >= 11 is 3.55. The molecule has 0 amide bonds. The molecule has 0 aliphatic carbocycles. The van der Waals surface area contributed by atoms with E-state index in [9.17, 15) is 0 Å². The normalized spacial score (nSPS) is 10.5. The Hall–Kier alpha value is 0.337. The van der Waals surface area contributed by atoms with Crippen molar-refractivity contribution in [2.75, 3.05) is 0 Å². The van der Waals surface area contributed by atoms with Crippen LogP contribution >= 0.6 is 0 Å². The molecule has 2 unspecified atom stereocenters. The van der Waals surface area contributed by atoms with Crippen molar-refractivity contribution in [2.24, 2.45) is 0 Å². The van der Waals surface area contributed by atoms with Crippen LogP contribution in [0.1, 0.15) is 30.5 Å². The second-order valence-corrected chi connectivity index (χ2v) is 5.78.